The average Bonchev–Trinajstić information content (AvgIpc) is 2.14. The number of halogens is 4. The van der Waals surface area contributed by atoms with Crippen molar-refractivity contribution >= 4 is 21.6 Å². The van der Waals surface area contributed by atoms with Gasteiger partial charge in [0.2, 0.25) is 0 Å². The van der Waals surface area contributed by atoms with Crippen LogP contribution >= 0.6 is 15.9 Å². The highest BCUT2D eigenvalue weighted by Gasteiger charge is 2.34. The van der Waals surface area contributed by atoms with Crippen molar-refractivity contribution in [3.8, 4) is 0 Å². The summed E-state index contributed by atoms with van der Waals surface area (Å²) < 4.78 is 36.9. The predicted molar refractivity (Wildman–Crippen MR) is 51.7 cm³/mol. The van der Waals surface area contributed by atoms with E-state index in [2.05, 4.69) is 15.9 Å². The lowest BCUT2D eigenvalue weighted by Crippen LogP contribution is -2.07. The summed E-state index contributed by atoms with van der Waals surface area (Å²) >= 11 is 2.75. The molecule has 0 bridgehead atoms. The zero-order valence-electron chi connectivity index (χ0n) is 7.58. The van der Waals surface area contributed by atoms with E-state index in [0.29, 0.717) is 12.1 Å². The Balaban J connectivity index is 3.46. The Kier molecular flexibility index (Phi) is 3.54. The Bertz CT molecular complexity index is 433. The Morgan fingerprint density at radius 1 is 1.44 bits per heavy atom. The lowest BCUT2D eigenvalue weighted by molar-refractivity contribution is -0.386. The van der Waals surface area contributed by atoms with Gasteiger partial charge in [-0.3, -0.25) is 10.1 Å². The fraction of sp³-hybridized carbons (Fsp3) is 0.250. The van der Waals surface area contributed by atoms with Crippen molar-refractivity contribution in [3.63, 3.8) is 0 Å². The molecule has 0 aliphatic heterocycles. The van der Waals surface area contributed by atoms with Gasteiger partial charge in [0, 0.05) is 10.5 Å². The summed E-state index contributed by atoms with van der Waals surface area (Å²) in [4.78, 5) is 9.55. The minimum atomic E-state index is -4.67. The first-order valence-corrected chi connectivity index (χ1v) is 4.71. The van der Waals surface area contributed by atoms with Gasteiger partial charge in [0.1, 0.15) is 0 Å². The molecule has 0 fully saturated rings. The monoisotopic (exact) mass is 299 g/mol. The second-order valence-electron chi connectivity index (χ2n) is 2.87. The molecule has 0 saturated carbocycles. The molecular weight excluding hydrogens is 295 g/mol. The third-order valence-corrected chi connectivity index (χ3v) is 2.56. The van der Waals surface area contributed by atoms with E-state index in [-0.39, 0.29) is 10.0 Å². The van der Waals surface area contributed by atoms with E-state index in [1.165, 1.54) is 0 Å². The van der Waals surface area contributed by atoms with Gasteiger partial charge >= 0.3 is 6.18 Å². The van der Waals surface area contributed by atoms with Crippen LogP contribution in [-0.2, 0) is 12.8 Å². The topological polar surface area (TPSA) is 63.4 Å². The quantitative estimate of drug-likeness (QED) is 0.674. The molecular formula is C8H5BrF3NO3. The van der Waals surface area contributed by atoms with Gasteiger partial charge in [-0.05, 0) is 6.07 Å². The van der Waals surface area contributed by atoms with Crippen LogP contribution in [-0.4, -0.2) is 10.0 Å². The second kappa shape index (κ2) is 4.38. The van der Waals surface area contributed by atoms with Gasteiger partial charge < -0.3 is 5.11 Å². The number of nitrogens with zero attached hydrogens (tertiary/aromatic N) is 1. The van der Waals surface area contributed by atoms with Gasteiger partial charge in [-0.15, -0.1) is 0 Å². The molecule has 0 saturated heterocycles. The number of aliphatic hydroxyl groups excluding tert-OH is 1. The van der Waals surface area contributed by atoms with Crippen LogP contribution in [0.2, 0.25) is 0 Å². The van der Waals surface area contributed by atoms with E-state index in [1.807, 2.05) is 0 Å². The highest BCUT2D eigenvalue weighted by molar-refractivity contribution is 9.10. The first-order chi connectivity index (χ1) is 7.27. The van der Waals surface area contributed by atoms with Crippen molar-refractivity contribution in [1.82, 2.24) is 0 Å². The van der Waals surface area contributed by atoms with E-state index in [9.17, 15) is 23.3 Å². The fourth-order valence-corrected chi connectivity index (χ4v) is 1.68. The molecule has 16 heavy (non-hydrogen) atoms. The first kappa shape index (κ1) is 12.9. The Morgan fingerprint density at radius 2 is 2.00 bits per heavy atom. The molecule has 0 aliphatic carbocycles. The van der Waals surface area contributed by atoms with Gasteiger partial charge in [0.25, 0.3) is 5.69 Å². The molecule has 88 valence electrons. The largest absolute Gasteiger partial charge is 0.416 e. The van der Waals surface area contributed by atoms with Crippen LogP contribution in [0.4, 0.5) is 18.9 Å². The number of hydrogen-bond acceptors (Lipinski definition) is 3. The number of nitro groups is 1. The molecule has 1 rings (SSSR count). The summed E-state index contributed by atoms with van der Waals surface area (Å²) in [6.45, 7) is -0.713. The summed E-state index contributed by atoms with van der Waals surface area (Å²) in [6.07, 6.45) is -4.67. The van der Waals surface area contributed by atoms with Crippen LogP contribution < -0.4 is 0 Å². The number of alkyl halides is 3. The van der Waals surface area contributed by atoms with E-state index in [4.69, 9.17) is 5.11 Å². The first-order valence-electron chi connectivity index (χ1n) is 3.92. The summed E-state index contributed by atoms with van der Waals surface area (Å²) in [5, 5.41) is 19.3. The highest BCUT2D eigenvalue weighted by atomic mass is 79.9. The van der Waals surface area contributed by atoms with Gasteiger partial charge in [-0.25, -0.2) is 0 Å². The molecule has 0 amide bonds. The molecule has 0 heterocycles. The normalized spacial score (nSPS) is 11.6. The second-order valence-corrected chi connectivity index (χ2v) is 3.72. The number of benzene rings is 1. The Morgan fingerprint density at radius 3 is 2.38 bits per heavy atom. The molecule has 1 aromatic rings. The lowest BCUT2D eigenvalue weighted by Gasteiger charge is -2.09. The Labute approximate surface area is 96.0 Å². The van der Waals surface area contributed by atoms with Crippen LogP contribution in [0, 0.1) is 10.1 Å². The van der Waals surface area contributed by atoms with Crippen molar-refractivity contribution in [2.75, 3.05) is 0 Å². The predicted octanol–water partition coefficient (Wildman–Crippen LogP) is 2.87. The third-order valence-electron chi connectivity index (χ3n) is 1.85. The molecule has 0 aliphatic rings. The van der Waals surface area contributed by atoms with Gasteiger partial charge in [-0.1, -0.05) is 15.9 Å². The van der Waals surface area contributed by atoms with Crippen LogP contribution in [0.15, 0.2) is 16.6 Å². The molecule has 8 heteroatoms. The lowest BCUT2D eigenvalue weighted by atomic mass is 10.1. The molecule has 0 atom stereocenters. The van der Waals surface area contributed by atoms with E-state index in [1.54, 1.807) is 0 Å². The molecule has 1 N–H and O–H groups in total. The standard InChI is InChI=1S/C8H5BrF3NO3/c9-6-1-4(8(10,11)12)2-7(13(15)16)5(6)3-14/h1-2,14H,3H2. The van der Waals surface area contributed by atoms with Crippen molar-refractivity contribution < 1.29 is 23.2 Å². The minimum absolute atomic E-state index is 0.142. The smallest absolute Gasteiger partial charge is 0.391 e. The van der Waals surface area contributed by atoms with Crippen LogP contribution in [0.3, 0.4) is 0 Å². The van der Waals surface area contributed by atoms with E-state index in [0.717, 1.165) is 0 Å². The average molecular weight is 300 g/mol. The third kappa shape index (κ3) is 2.50. The van der Waals surface area contributed by atoms with Gasteiger partial charge in [0.15, 0.2) is 0 Å². The van der Waals surface area contributed by atoms with E-state index >= 15 is 0 Å². The number of nitro benzene ring substituents is 1. The van der Waals surface area contributed by atoms with Crippen molar-refractivity contribution in [2.24, 2.45) is 0 Å². The summed E-state index contributed by atoms with van der Waals surface area (Å²) in [5.41, 5.74) is -2.08. The van der Waals surface area contributed by atoms with E-state index < -0.39 is 29.0 Å². The van der Waals surface area contributed by atoms with Crippen molar-refractivity contribution in [1.29, 1.82) is 0 Å². The minimum Gasteiger partial charge on any atom is -0.391 e. The van der Waals surface area contributed by atoms with Crippen LogP contribution in [0.5, 0.6) is 0 Å². The number of hydrogen-bond donors (Lipinski definition) is 1. The van der Waals surface area contributed by atoms with Gasteiger partial charge in [0.05, 0.1) is 22.7 Å². The maximum atomic E-state index is 12.3. The summed E-state index contributed by atoms with van der Waals surface area (Å²) in [5.74, 6) is 0. The Hall–Kier alpha value is -1.15. The van der Waals surface area contributed by atoms with Crippen LogP contribution in [0.25, 0.3) is 0 Å². The van der Waals surface area contributed by atoms with Gasteiger partial charge in [-0.2, -0.15) is 13.2 Å². The molecule has 0 aromatic heterocycles. The zero-order valence-corrected chi connectivity index (χ0v) is 9.17. The summed E-state index contributed by atoms with van der Waals surface area (Å²) in [7, 11) is 0. The number of aliphatic hydroxyl groups is 1. The summed E-state index contributed by atoms with van der Waals surface area (Å²) in [6, 6.07) is 1.09. The maximum Gasteiger partial charge on any atom is 0.416 e. The molecule has 0 spiro atoms. The highest BCUT2D eigenvalue weighted by Crippen LogP contribution is 2.36. The molecule has 0 radical (unpaired) electrons. The maximum absolute atomic E-state index is 12.3. The molecule has 4 nitrogen and oxygen atoms in total. The number of rotatable bonds is 2. The SMILES string of the molecule is O=[N+]([O-])c1cc(C(F)(F)F)cc(Br)c1CO. The van der Waals surface area contributed by atoms with Crippen LogP contribution in [0.1, 0.15) is 11.1 Å². The molecule has 1 aromatic carbocycles. The molecule has 0 unspecified atom stereocenters. The fourth-order valence-electron chi connectivity index (χ4n) is 1.11. The van der Waals surface area contributed by atoms with Crippen molar-refractivity contribution in [2.45, 2.75) is 12.8 Å². The zero-order chi connectivity index (χ0) is 12.5. The van der Waals surface area contributed by atoms with Crippen molar-refractivity contribution in [3.05, 3.63) is 37.8 Å².